The second kappa shape index (κ2) is 3.38. The molecule has 0 heterocycles. The van der Waals surface area contributed by atoms with Crippen LogP contribution in [0.3, 0.4) is 0 Å². The maximum absolute atomic E-state index is 10.0. The number of aliphatic carboxylic acids is 1. The first-order valence-corrected chi connectivity index (χ1v) is 2.09. The van der Waals surface area contributed by atoms with Crippen molar-refractivity contribution in [3.8, 4) is 0 Å². The van der Waals surface area contributed by atoms with Gasteiger partial charge in [-0.15, -0.1) is 10.1 Å². The molecule has 7 nitrogen and oxygen atoms in total. The zero-order valence-corrected chi connectivity index (χ0v) is 4.64. The number of carbonyl (C=O) groups is 2. The van der Waals surface area contributed by atoms with Gasteiger partial charge in [0.05, 0.1) is 0 Å². The summed E-state index contributed by atoms with van der Waals surface area (Å²) >= 11 is 0. The summed E-state index contributed by atoms with van der Waals surface area (Å²) in [5, 5.41) is 15.9. The molecule has 0 aliphatic carbocycles. The predicted molar refractivity (Wildman–Crippen MR) is 25.3 cm³/mol. The Bertz CT molecular complexity index is 156. The van der Waals surface area contributed by atoms with E-state index in [9.17, 15) is 19.7 Å². The van der Waals surface area contributed by atoms with Crippen molar-refractivity contribution in [1.82, 2.24) is 0 Å². The van der Waals surface area contributed by atoms with Crippen molar-refractivity contribution in [2.45, 2.75) is 6.42 Å². The summed E-state index contributed by atoms with van der Waals surface area (Å²) in [4.78, 5) is 32.3. The molecular weight excluding hydrogens is 146 g/mol. The van der Waals surface area contributed by atoms with Crippen molar-refractivity contribution in [2.24, 2.45) is 0 Å². The third kappa shape index (κ3) is 4.50. The van der Waals surface area contributed by atoms with E-state index in [0.29, 0.717) is 0 Å². The monoisotopic (exact) mass is 149 g/mol. The van der Waals surface area contributed by atoms with Crippen molar-refractivity contribution < 1.29 is 24.6 Å². The molecule has 0 saturated carbocycles. The Morgan fingerprint density at radius 2 is 2.10 bits per heavy atom. The van der Waals surface area contributed by atoms with Gasteiger partial charge in [-0.3, -0.25) is 9.59 Å². The lowest BCUT2D eigenvalue weighted by Gasteiger charge is -1.90. The smallest absolute Gasteiger partial charge is 0.314 e. The van der Waals surface area contributed by atoms with E-state index in [1.54, 1.807) is 0 Å². The molecule has 7 heteroatoms. The van der Waals surface area contributed by atoms with Crippen molar-refractivity contribution in [2.75, 3.05) is 0 Å². The van der Waals surface area contributed by atoms with Crippen LogP contribution in [0.15, 0.2) is 0 Å². The minimum Gasteiger partial charge on any atom is -0.481 e. The minimum atomic E-state index is -1.47. The van der Waals surface area contributed by atoms with Gasteiger partial charge in [-0.05, 0) is 0 Å². The first kappa shape index (κ1) is 8.34. The Hall–Kier alpha value is -1.66. The first-order valence-electron chi connectivity index (χ1n) is 2.09. The van der Waals surface area contributed by atoms with E-state index >= 15 is 0 Å². The molecule has 0 amide bonds. The maximum atomic E-state index is 10.0. The van der Waals surface area contributed by atoms with Crippen molar-refractivity contribution in [1.29, 1.82) is 0 Å². The molecule has 0 atom stereocenters. The summed E-state index contributed by atoms with van der Waals surface area (Å²) in [6.07, 6.45) is -0.999. The zero-order chi connectivity index (χ0) is 8.15. The molecule has 56 valence electrons. The number of nitrogens with zero attached hydrogens (tertiary/aromatic N) is 1. The first-order chi connectivity index (χ1) is 4.52. The Morgan fingerprint density at radius 3 is 2.40 bits per heavy atom. The standard InChI is InChI=1S/C3H3NO6/c5-2(6)1-3(7)10-4(8)9/h1H2,(H,5,6). The van der Waals surface area contributed by atoms with Gasteiger partial charge in [0.25, 0.3) is 0 Å². The molecule has 0 fully saturated rings. The minimum absolute atomic E-state index is 0.999. The van der Waals surface area contributed by atoms with Gasteiger partial charge in [-0.25, -0.2) is 4.84 Å². The van der Waals surface area contributed by atoms with E-state index in [1.807, 2.05) is 0 Å². The van der Waals surface area contributed by atoms with E-state index in [1.165, 1.54) is 0 Å². The van der Waals surface area contributed by atoms with Crippen LogP contribution >= 0.6 is 0 Å². The van der Waals surface area contributed by atoms with Crippen LogP contribution in [-0.2, 0) is 14.4 Å². The predicted octanol–water partition coefficient (Wildman–Crippen LogP) is -0.804. The Morgan fingerprint density at radius 1 is 1.60 bits per heavy atom. The molecule has 10 heavy (non-hydrogen) atoms. The quantitative estimate of drug-likeness (QED) is 0.319. The van der Waals surface area contributed by atoms with E-state index < -0.39 is 23.4 Å². The Labute approximate surface area is 54.3 Å². The van der Waals surface area contributed by atoms with E-state index in [0.717, 1.165) is 0 Å². The fourth-order valence-electron chi connectivity index (χ4n) is 0.239. The van der Waals surface area contributed by atoms with Crippen molar-refractivity contribution in [3.05, 3.63) is 10.1 Å². The molecule has 0 aliphatic rings. The molecule has 0 radical (unpaired) electrons. The summed E-state index contributed by atoms with van der Waals surface area (Å²) in [5.74, 6) is -2.86. The molecular formula is C3H3NO6. The van der Waals surface area contributed by atoms with Crippen LogP contribution in [0.2, 0.25) is 0 Å². The number of carboxylic acid groups (broad SMARTS) is 1. The third-order valence-corrected chi connectivity index (χ3v) is 0.472. The summed E-state index contributed by atoms with van der Waals surface area (Å²) in [5.41, 5.74) is 0. The molecule has 0 aliphatic heterocycles. The highest BCUT2D eigenvalue weighted by atomic mass is 17.0. The lowest BCUT2D eigenvalue weighted by molar-refractivity contribution is -0.729. The molecule has 0 spiro atoms. The average Bonchev–Trinajstić information content (AvgIpc) is 1.58. The SMILES string of the molecule is O=C(O)CC(=O)O[N+](=O)[O-]. The largest absolute Gasteiger partial charge is 0.481 e. The average molecular weight is 149 g/mol. The second-order valence-electron chi connectivity index (χ2n) is 1.26. The van der Waals surface area contributed by atoms with Crippen LogP contribution in [0.1, 0.15) is 6.42 Å². The van der Waals surface area contributed by atoms with Gasteiger partial charge in [0.15, 0.2) is 0 Å². The summed E-state index contributed by atoms with van der Waals surface area (Å²) in [6.45, 7) is 0. The molecule has 0 bridgehead atoms. The highest BCUT2D eigenvalue weighted by Gasteiger charge is 2.11. The van der Waals surface area contributed by atoms with Crippen LogP contribution < -0.4 is 0 Å². The van der Waals surface area contributed by atoms with E-state index in [-0.39, 0.29) is 0 Å². The topological polar surface area (TPSA) is 107 Å². The molecule has 0 aromatic heterocycles. The van der Waals surface area contributed by atoms with Crippen LogP contribution in [-0.4, -0.2) is 22.1 Å². The second-order valence-corrected chi connectivity index (χ2v) is 1.26. The lowest BCUT2D eigenvalue weighted by atomic mass is 10.5. The molecule has 0 unspecified atom stereocenters. The highest BCUT2D eigenvalue weighted by Crippen LogP contribution is 1.85. The lowest BCUT2D eigenvalue weighted by Crippen LogP contribution is -2.13. The van der Waals surface area contributed by atoms with E-state index in [2.05, 4.69) is 4.84 Å². The summed E-state index contributed by atoms with van der Waals surface area (Å²) in [6, 6.07) is 0. The van der Waals surface area contributed by atoms with Gasteiger partial charge in [0.2, 0.25) is 0 Å². The highest BCUT2D eigenvalue weighted by molar-refractivity contribution is 5.89. The van der Waals surface area contributed by atoms with Crippen LogP contribution in [0.5, 0.6) is 0 Å². The number of carbonyl (C=O) groups excluding carboxylic acids is 1. The molecule has 0 aromatic carbocycles. The summed E-state index contributed by atoms with van der Waals surface area (Å²) in [7, 11) is 0. The van der Waals surface area contributed by atoms with Gasteiger partial charge in [-0.2, -0.15) is 0 Å². The number of carboxylic acids is 1. The van der Waals surface area contributed by atoms with Gasteiger partial charge >= 0.3 is 17.0 Å². The van der Waals surface area contributed by atoms with Crippen molar-refractivity contribution in [3.63, 3.8) is 0 Å². The van der Waals surface area contributed by atoms with Crippen LogP contribution in [0, 0.1) is 10.1 Å². The van der Waals surface area contributed by atoms with Crippen molar-refractivity contribution >= 4 is 11.9 Å². The fraction of sp³-hybridized carbons (Fsp3) is 0.333. The number of hydrogen-bond donors (Lipinski definition) is 1. The Balaban J connectivity index is 3.65. The number of rotatable bonds is 3. The van der Waals surface area contributed by atoms with Crippen LogP contribution in [0.4, 0.5) is 0 Å². The summed E-state index contributed by atoms with van der Waals surface area (Å²) < 4.78 is 0. The van der Waals surface area contributed by atoms with Gasteiger partial charge in [0.1, 0.15) is 6.42 Å². The Kier molecular flexibility index (Phi) is 2.82. The van der Waals surface area contributed by atoms with Gasteiger partial charge in [0, 0.05) is 0 Å². The molecule has 0 saturated heterocycles. The van der Waals surface area contributed by atoms with E-state index in [4.69, 9.17) is 5.11 Å². The third-order valence-electron chi connectivity index (χ3n) is 0.472. The number of hydrogen-bond acceptors (Lipinski definition) is 5. The zero-order valence-electron chi connectivity index (χ0n) is 4.64. The normalized spacial score (nSPS) is 8.40. The molecule has 0 aromatic rings. The van der Waals surface area contributed by atoms with Gasteiger partial charge < -0.3 is 5.11 Å². The maximum Gasteiger partial charge on any atom is 0.314 e. The van der Waals surface area contributed by atoms with Gasteiger partial charge in [-0.1, -0.05) is 0 Å². The molecule has 1 N–H and O–H groups in total. The molecule has 0 rings (SSSR count). The van der Waals surface area contributed by atoms with Crippen LogP contribution in [0.25, 0.3) is 0 Å². The fourth-order valence-corrected chi connectivity index (χ4v) is 0.239.